The third-order valence-electron chi connectivity index (χ3n) is 4.88. The van der Waals surface area contributed by atoms with Crippen molar-refractivity contribution in [1.82, 2.24) is 14.9 Å². The van der Waals surface area contributed by atoms with Crippen LogP contribution >= 0.6 is 19.2 Å². The van der Waals surface area contributed by atoms with Gasteiger partial charge in [-0.2, -0.15) is 0 Å². The molecule has 5 N–H and O–H groups in total. The lowest BCUT2D eigenvalue weighted by atomic mass is 10.0. The molecule has 33 heavy (non-hydrogen) atoms. The molecule has 0 fully saturated rings. The number of amides is 1. The molecule has 0 aliphatic heterocycles. The van der Waals surface area contributed by atoms with Crippen LogP contribution in [-0.2, 0) is 20.4 Å². The summed E-state index contributed by atoms with van der Waals surface area (Å²) in [5.74, 6) is 0.749. The standard InChI is InChI=1S/C21H29N4O6PS/c1-13-6-5-7-14(2)19(13)21(27)33-18(8-9-31-32(28,29)30)15(3)25(12-26)11-17-10-23-16(4)24-20(17)22/h5-7,10,12,27,33H,8-9,11H2,1-4H3,(H2,22,23,24)(H2,28,29,30)/b18-15-. The van der Waals surface area contributed by atoms with E-state index in [0.29, 0.717) is 45.3 Å². The number of nitrogen functional groups attached to an aromatic ring is 1. The molecule has 0 aliphatic rings. The minimum Gasteiger partial charge on any atom is -0.383 e. The smallest absolute Gasteiger partial charge is 0.383 e. The second kappa shape index (κ2) is 11.6. The molecule has 0 radical (unpaired) electrons. The number of rotatable bonds is 10. The van der Waals surface area contributed by atoms with E-state index in [9.17, 15) is 14.5 Å². The van der Waals surface area contributed by atoms with Gasteiger partial charge in [-0.15, -0.1) is 11.4 Å². The number of aliphatic hydroxyl groups excluding tert-OH is 1. The van der Waals surface area contributed by atoms with Crippen molar-refractivity contribution in [2.24, 2.45) is 0 Å². The number of nitrogens with two attached hydrogens (primary N) is 1. The number of thiol groups is 1. The van der Waals surface area contributed by atoms with Gasteiger partial charge in [0.2, 0.25) is 6.41 Å². The highest BCUT2D eigenvalue weighted by molar-refractivity contribution is 8.02. The summed E-state index contributed by atoms with van der Waals surface area (Å²) in [4.78, 5) is 40.1. The summed E-state index contributed by atoms with van der Waals surface area (Å²) in [7, 11) is -4.67. The molecule has 0 saturated heterocycles. The Morgan fingerprint density at radius 3 is 2.45 bits per heavy atom. The lowest BCUT2D eigenvalue weighted by Gasteiger charge is -2.22. The summed E-state index contributed by atoms with van der Waals surface area (Å²) in [6, 6.07) is 5.63. The van der Waals surface area contributed by atoms with E-state index in [1.165, 1.54) is 11.1 Å². The van der Waals surface area contributed by atoms with Crippen LogP contribution in [0.3, 0.4) is 0 Å². The molecule has 0 unspecified atom stereocenters. The molecule has 2 aromatic rings. The zero-order valence-corrected chi connectivity index (χ0v) is 20.7. The van der Waals surface area contributed by atoms with Crippen molar-refractivity contribution in [1.29, 1.82) is 0 Å². The van der Waals surface area contributed by atoms with Crippen molar-refractivity contribution < 1.29 is 28.8 Å². The van der Waals surface area contributed by atoms with Crippen LogP contribution in [-0.4, -0.2) is 47.8 Å². The molecule has 0 aliphatic carbocycles. The van der Waals surface area contributed by atoms with Gasteiger partial charge in [0.15, 0.2) is 0 Å². The van der Waals surface area contributed by atoms with Crippen LogP contribution in [0.15, 0.2) is 35.0 Å². The van der Waals surface area contributed by atoms with Gasteiger partial charge in [0.25, 0.3) is 0 Å². The van der Waals surface area contributed by atoms with E-state index in [2.05, 4.69) is 14.5 Å². The molecule has 1 heterocycles. The number of hydrogen-bond donors (Lipinski definition) is 5. The first-order valence-electron chi connectivity index (χ1n) is 9.97. The Morgan fingerprint density at radius 1 is 1.27 bits per heavy atom. The van der Waals surface area contributed by atoms with Gasteiger partial charge in [0, 0.05) is 34.3 Å². The van der Waals surface area contributed by atoms with Gasteiger partial charge in [-0.3, -0.25) is 9.32 Å². The fourth-order valence-corrected chi connectivity index (χ4v) is 4.69. The second-order valence-corrected chi connectivity index (χ2v) is 9.80. The van der Waals surface area contributed by atoms with Gasteiger partial charge in [-0.05, 0) is 38.8 Å². The number of phosphoric acid groups is 1. The molecule has 2 rings (SSSR count). The van der Waals surface area contributed by atoms with Gasteiger partial charge in [-0.1, -0.05) is 18.2 Å². The van der Waals surface area contributed by atoms with Crippen LogP contribution in [0.4, 0.5) is 5.82 Å². The van der Waals surface area contributed by atoms with Crippen molar-refractivity contribution in [2.75, 3.05) is 12.3 Å². The number of benzene rings is 1. The van der Waals surface area contributed by atoms with Crippen LogP contribution in [0.5, 0.6) is 0 Å². The van der Waals surface area contributed by atoms with E-state index in [1.807, 2.05) is 32.0 Å². The summed E-state index contributed by atoms with van der Waals surface area (Å²) in [6.45, 7) is 6.92. The molecular weight excluding hydrogens is 467 g/mol. The minimum absolute atomic E-state index is 0.0557. The maximum Gasteiger partial charge on any atom is 0.469 e. The monoisotopic (exact) mass is 496 g/mol. The van der Waals surface area contributed by atoms with E-state index in [1.54, 1.807) is 13.8 Å². The largest absolute Gasteiger partial charge is 0.469 e. The van der Waals surface area contributed by atoms with E-state index in [4.69, 9.17) is 15.5 Å². The quantitative estimate of drug-likeness (QED) is 0.144. The Labute approximate surface area is 196 Å². The predicted molar refractivity (Wildman–Crippen MR) is 130 cm³/mol. The van der Waals surface area contributed by atoms with Crippen LogP contribution in [0, 0.1) is 20.8 Å². The van der Waals surface area contributed by atoms with Gasteiger partial charge in [0.1, 0.15) is 16.7 Å². The molecule has 0 bridgehead atoms. The number of aromatic nitrogens is 2. The lowest BCUT2D eigenvalue weighted by molar-refractivity contribution is -0.116. The Balaban J connectivity index is 2.48. The molecule has 0 spiro atoms. The van der Waals surface area contributed by atoms with E-state index in [0.717, 1.165) is 11.1 Å². The van der Waals surface area contributed by atoms with Crippen molar-refractivity contribution in [3.05, 3.63) is 63.1 Å². The number of phosphoric ester groups is 1. The molecule has 12 heteroatoms. The molecule has 180 valence electrons. The van der Waals surface area contributed by atoms with Crippen molar-refractivity contribution in [3.63, 3.8) is 0 Å². The molecule has 0 atom stereocenters. The normalized spacial score (nSPS) is 13.2. The lowest BCUT2D eigenvalue weighted by Crippen LogP contribution is -2.22. The summed E-state index contributed by atoms with van der Waals surface area (Å²) in [5, 5.41) is 11.0. The molecule has 1 aromatic carbocycles. The van der Waals surface area contributed by atoms with Crippen molar-refractivity contribution in [2.45, 2.75) is 40.7 Å². The molecule has 1 amide bonds. The number of aryl methyl sites for hydroxylation is 3. The Hall–Kier alpha value is -2.40. The van der Waals surface area contributed by atoms with Crippen LogP contribution in [0.25, 0.3) is 0 Å². The fraction of sp³-hybridized carbons (Fsp3) is 0.333. The number of carbonyl (C=O) groups is 1. The van der Waals surface area contributed by atoms with Gasteiger partial charge < -0.3 is 25.5 Å². The number of allylic oxidation sites excluding steroid dienone is 1. The molecule has 0 saturated carbocycles. The molecular formula is C21H29N4O6PS. The van der Waals surface area contributed by atoms with Crippen molar-refractivity contribution in [3.8, 4) is 0 Å². The highest BCUT2D eigenvalue weighted by atomic mass is 32.1. The first kappa shape index (κ1) is 26.8. The average molecular weight is 497 g/mol. The van der Waals surface area contributed by atoms with E-state index in [-0.39, 0.29) is 30.4 Å². The van der Waals surface area contributed by atoms with E-state index >= 15 is 0 Å². The number of carbonyl (C=O) groups excluding carboxylic acids is 1. The first-order chi connectivity index (χ1) is 15.4. The maximum atomic E-state index is 11.9. The van der Waals surface area contributed by atoms with Crippen LogP contribution in [0.2, 0.25) is 0 Å². The van der Waals surface area contributed by atoms with Crippen LogP contribution in [0.1, 0.15) is 41.4 Å². The van der Waals surface area contributed by atoms with Gasteiger partial charge in [-0.25, -0.2) is 14.5 Å². The Kier molecular flexibility index (Phi) is 9.47. The minimum atomic E-state index is -4.67. The third kappa shape index (κ3) is 7.85. The zero-order chi connectivity index (χ0) is 24.8. The van der Waals surface area contributed by atoms with Crippen molar-refractivity contribution >= 4 is 36.5 Å². The molecule has 1 aromatic heterocycles. The van der Waals surface area contributed by atoms with Crippen LogP contribution < -0.4 is 5.73 Å². The van der Waals surface area contributed by atoms with Gasteiger partial charge in [0.05, 0.1) is 13.2 Å². The SMILES string of the molecule is C/C(=C(CCOP(=O)(O)O)/[SH]=C(\O)c1c(C)cccc1C)N(C=O)Cc1cnc(C)nc1N. The topological polar surface area (TPSA) is 159 Å². The number of aliphatic hydroxyl groups is 1. The zero-order valence-electron chi connectivity index (χ0n) is 18.9. The van der Waals surface area contributed by atoms with E-state index < -0.39 is 7.82 Å². The molecule has 10 nitrogen and oxygen atoms in total. The maximum absolute atomic E-state index is 11.9. The summed E-state index contributed by atoms with van der Waals surface area (Å²) < 4.78 is 15.7. The predicted octanol–water partition coefficient (Wildman–Crippen LogP) is 2.88. The fourth-order valence-electron chi connectivity index (χ4n) is 3.15. The summed E-state index contributed by atoms with van der Waals surface area (Å²) >= 11 is 0.375. The second-order valence-electron chi connectivity index (χ2n) is 7.37. The number of anilines is 1. The highest BCUT2D eigenvalue weighted by Crippen LogP contribution is 2.37. The summed E-state index contributed by atoms with van der Waals surface area (Å²) in [5.41, 5.74) is 9.41. The first-order valence-corrected chi connectivity index (χ1v) is 12.4. The number of hydrogen-bond acceptors (Lipinski definition) is 6. The number of nitrogens with zero attached hydrogens (tertiary/aromatic N) is 3. The Morgan fingerprint density at radius 2 is 1.91 bits per heavy atom. The Bertz CT molecular complexity index is 1110. The van der Waals surface area contributed by atoms with Gasteiger partial charge >= 0.3 is 7.82 Å². The summed E-state index contributed by atoms with van der Waals surface area (Å²) in [6.07, 6.45) is 2.22. The average Bonchev–Trinajstić information content (AvgIpc) is 2.71. The third-order valence-corrected chi connectivity index (χ3v) is 6.65. The highest BCUT2D eigenvalue weighted by Gasteiger charge is 2.17.